The van der Waals surface area contributed by atoms with Crippen LogP contribution in [0.15, 0.2) is 58.5 Å². The average molecular weight is 425 g/mol. The predicted octanol–water partition coefficient (Wildman–Crippen LogP) is 1.80. The zero-order valence-corrected chi connectivity index (χ0v) is 17.1. The van der Waals surface area contributed by atoms with Gasteiger partial charge in [0.15, 0.2) is 9.84 Å². The summed E-state index contributed by atoms with van der Waals surface area (Å²) in [6.45, 7) is 1.38. The molecule has 0 aliphatic carbocycles. The van der Waals surface area contributed by atoms with Crippen LogP contribution in [0.3, 0.4) is 0 Å². The molecule has 1 fully saturated rings. The third-order valence-electron chi connectivity index (χ3n) is 4.69. The van der Waals surface area contributed by atoms with Crippen LogP contribution in [0.1, 0.15) is 18.5 Å². The lowest BCUT2D eigenvalue weighted by Gasteiger charge is -2.21. The third kappa shape index (κ3) is 5.60. The van der Waals surface area contributed by atoms with Crippen molar-refractivity contribution in [2.24, 2.45) is 5.92 Å². The van der Waals surface area contributed by atoms with Gasteiger partial charge in [0.25, 0.3) is 0 Å². The SMILES string of the molecule is O=S(=O)(CC1CCOCC1)c1ccc(S(=O)(=O)NCCc2ccccn2)cc1. The van der Waals surface area contributed by atoms with Crippen molar-refractivity contribution in [3.05, 3.63) is 54.4 Å². The van der Waals surface area contributed by atoms with Gasteiger partial charge in [-0.05, 0) is 55.2 Å². The maximum Gasteiger partial charge on any atom is 0.240 e. The van der Waals surface area contributed by atoms with E-state index < -0.39 is 19.9 Å². The molecule has 0 atom stereocenters. The Morgan fingerprint density at radius 2 is 1.64 bits per heavy atom. The van der Waals surface area contributed by atoms with Crippen molar-refractivity contribution in [1.29, 1.82) is 0 Å². The lowest BCUT2D eigenvalue weighted by Crippen LogP contribution is -2.26. The topological polar surface area (TPSA) is 102 Å². The summed E-state index contributed by atoms with van der Waals surface area (Å²) in [6.07, 6.45) is 3.58. The first kappa shape index (κ1) is 20.9. The largest absolute Gasteiger partial charge is 0.381 e. The highest BCUT2D eigenvalue weighted by molar-refractivity contribution is 7.91. The normalized spacial score (nSPS) is 16.1. The summed E-state index contributed by atoms with van der Waals surface area (Å²) in [5.74, 6) is 0.139. The van der Waals surface area contributed by atoms with Crippen molar-refractivity contribution in [3.63, 3.8) is 0 Å². The zero-order valence-electron chi connectivity index (χ0n) is 15.5. The van der Waals surface area contributed by atoms with Crippen LogP contribution in [-0.2, 0) is 31.0 Å². The highest BCUT2D eigenvalue weighted by Gasteiger charge is 2.24. The second kappa shape index (κ2) is 9.13. The number of sulfonamides is 1. The summed E-state index contributed by atoms with van der Waals surface area (Å²) < 4.78 is 57.7. The monoisotopic (exact) mass is 424 g/mol. The fourth-order valence-corrected chi connectivity index (χ4v) is 5.82. The fourth-order valence-electron chi connectivity index (χ4n) is 3.09. The molecular weight excluding hydrogens is 400 g/mol. The van der Waals surface area contributed by atoms with Crippen LogP contribution in [-0.4, -0.2) is 47.3 Å². The Kier molecular flexibility index (Phi) is 6.82. The van der Waals surface area contributed by atoms with Gasteiger partial charge in [-0.15, -0.1) is 0 Å². The van der Waals surface area contributed by atoms with Gasteiger partial charge in [-0.25, -0.2) is 21.6 Å². The van der Waals surface area contributed by atoms with E-state index in [0.29, 0.717) is 19.6 Å². The van der Waals surface area contributed by atoms with Gasteiger partial charge in [0.05, 0.1) is 15.5 Å². The van der Waals surface area contributed by atoms with Crippen molar-refractivity contribution in [2.75, 3.05) is 25.5 Å². The quantitative estimate of drug-likeness (QED) is 0.693. The molecule has 2 heterocycles. The number of sulfone groups is 1. The summed E-state index contributed by atoms with van der Waals surface area (Å²) in [7, 11) is -7.16. The number of hydrogen-bond donors (Lipinski definition) is 1. The Morgan fingerprint density at radius 1 is 0.964 bits per heavy atom. The Labute approximate surface area is 166 Å². The molecule has 0 bridgehead atoms. The van der Waals surface area contributed by atoms with Gasteiger partial charge in [0.2, 0.25) is 10.0 Å². The molecule has 1 aromatic heterocycles. The molecule has 1 N–H and O–H groups in total. The second-order valence-corrected chi connectivity index (χ2v) is 10.6. The smallest absolute Gasteiger partial charge is 0.240 e. The molecule has 1 aromatic carbocycles. The van der Waals surface area contributed by atoms with Crippen LogP contribution in [0.2, 0.25) is 0 Å². The molecule has 152 valence electrons. The minimum Gasteiger partial charge on any atom is -0.381 e. The van der Waals surface area contributed by atoms with E-state index in [2.05, 4.69) is 9.71 Å². The standard InChI is InChI=1S/C19H24N2O5S2/c22-27(23,15-16-9-13-26-14-10-16)18-4-6-19(7-5-18)28(24,25)21-12-8-17-3-1-2-11-20-17/h1-7,11,16,21H,8-10,12-15H2. The van der Waals surface area contributed by atoms with E-state index in [9.17, 15) is 16.8 Å². The minimum absolute atomic E-state index is 0.0403. The van der Waals surface area contributed by atoms with Crippen molar-refractivity contribution in [2.45, 2.75) is 29.1 Å². The van der Waals surface area contributed by atoms with Gasteiger partial charge in [-0.3, -0.25) is 4.98 Å². The Hall–Kier alpha value is -1.81. The number of ether oxygens (including phenoxy) is 1. The van der Waals surface area contributed by atoms with Crippen molar-refractivity contribution >= 4 is 19.9 Å². The molecule has 1 aliphatic rings. The highest BCUT2D eigenvalue weighted by atomic mass is 32.2. The van der Waals surface area contributed by atoms with Gasteiger partial charge in [-0.1, -0.05) is 6.07 Å². The molecular formula is C19H24N2O5S2. The van der Waals surface area contributed by atoms with E-state index in [-0.39, 0.29) is 28.0 Å². The third-order valence-corrected chi connectivity index (χ3v) is 8.07. The number of pyridine rings is 1. The molecule has 0 amide bonds. The maximum absolute atomic E-state index is 12.6. The molecule has 0 spiro atoms. The minimum atomic E-state index is -3.71. The van der Waals surface area contributed by atoms with Gasteiger partial charge < -0.3 is 4.74 Å². The summed E-state index contributed by atoms with van der Waals surface area (Å²) in [5.41, 5.74) is 0.791. The summed E-state index contributed by atoms with van der Waals surface area (Å²) >= 11 is 0. The van der Waals surface area contributed by atoms with Crippen LogP contribution >= 0.6 is 0 Å². The molecule has 9 heteroatoms. The molecule has 0 radical (unpaired) electrons. The molecule has 28 heavy (non-hydrogen) atoms. The average Bonchev–Trinajstić information content (AvgIpc) is 2.69. The lowest BCUT2D eigenvalue weighted by molar-refractivity contribution is 0.0723. The van der Waals surface area contributed by atoms with E-state index in [1.807, 2.05) is 12.1 Å². The molecule has 7 nitrogen and oxygen atoms in total. The number of nitrogens with zero attached hydrogens (tertiary/aromatic N) is 1. The Bertz CT molecular complexity index is 969. The number of hydrogen-bond acceptors (Lipinski definition) is 6. The predicted molar refractivity (Wildman–Crippen MR) is 105 cm³/mol. The molecule has 1 aliphatic heterocycles. The van der Waals surface area contributed by atoms with Gasteiger partial charge >= 0.3 is 0 Å². The lowest BCUT2D eigenvalue weighted by atomic mass is 10.0. The highest BCUT2D eigenvalue weighted by Crippen LogP contribution is 2.22. The first-order valence-electron chi connectivity index (χ1n) is 9.17. The Balaban J connectivity index is 1.62. The Morgan fingerprint density at radius 3 is 2.29 bits per heavy atom. The van der Waals surface area contributed by atoms with Gasteiger partial charge in [-0.2, -0.15) is 0 Å². The maximum atomic E-state index is 12.6. The van der Waals surface area contributed by atoms with Gasteiger partial charge in [0.1, 0.15) is 0 Å². The molecule has 0 unspecified atom stereocenters. The summed E-state index contributed by atoms with van der Waals surface area (Å²) in [5, 5.41) is 0. The fraction of sp³-hybridized carbons (Fsp3) is 0.421. The molecule has 2 aromatic rings. The molecule has 3 rings (SSSR count). The van der Waals surface area contributed by atoms with E-state index >= 15 is 0 Å². The van der Waals surface area contributed by atoms with Crippen LogP contribution in [0, 0.1) is 5.92 Å². The van der Waals surface area contributed by atoms with E-state index in [4.69, 9.17) is 4.74 Å². The van der Waals surface area contributed by atoms with Crippen molar-refractivity contribution < 1.29 is 21.6 Å². The number of nitrogens with one attached hydrogen (secondary N) is 1. The number of aromatic nitrogens is 1. The van der Waals surface area contributed by atoms with E-state index in [1.54, 1.807) is 12.3 Å². The first-order chi connectivity index (χ1) is 13.4. The molecule has 1 saturated heterocycles. The van der Waals surface area contributed by atoms with Gasteiger partial charge in [0, 0.05) is 38.1 Å². The van der Waals surface area contributed by atoms with Crippen LogP contribution in [0.4, 0.5) is 0 Å². The summed E-state index contributed by atoms with van der Waals surface area (Å²) in [4.78, 5) is 4.33. The van der Waals surface area contributed by atoms with E-state index in [1.165, 1.54) is 24.3 Å². The van der Waals surface area contributed by atoms with Crippen LogP contribution in [0.5, 0.6) is 0 Å². The van der Waals surface area contributed by atoms with Crippen LogP contribution < -0.4 is 4.72 Å². The van der Waals surface area contributed by atoms with Crippen molar-refractivity contribution in [3.8, 4) is 0 Å². The zero-order chi connectivity index (χ0) is 20.0. The molecule has 0 saturated carbocycles. The van der Waals surface area contributed by atoms with Crippen LogP contribution in [0.25, 0.3) is 0 Å². The number of benzene rings is 1. The first-order valence-corrected chi connectivity index (χ1v) is 12.3. The van der Waals surface area contributed by atoms with E-state index in [0.717, 1.165) is 18.5 Å². The second-order valence-electron chi connectivity index (χ2n) is 6.78. The summed E-state index contributed by atoms with van der Waals surface area (Å²) in [6, 6.07) is 10.9. The van der Waals surface area contributed by atoms with Crippen molar-refractivity contribution in [1.82, 2.24) is 9.71 Å². The number of rotatable bonds is 8.